The Hall–Kier alpha value is -1.77. The average Bonchev–Trinajstić information content (AvgIpc) is 2.96. The van der Waals surface area contributed by atoms with Crippen LogP contribution in [0, 0.1) is 0 Å². The summed E-state index contributed by atoms with van der Waals surface area (Å²) in [6.45, 7) is 9.39. The van der Waals surface area contributed by atoms with Crippen molar-refractivity contribution in [2.75, 3.05) is 33.0 Å². The van der Waals surface area contributed by atoms with Gasteiger partial charge in [-0.1, -0.05) is 75.9 Å². The van der Waals surface area contributed by atoms with Gasteiger partial charge >= 0.3 is 5.92 Å². The summed E-state index contributed by atoms with van der Waals surface area (Å²) >= 11 is 6.63. The van der Waals surface area contributed by atoms with Gasteiger partial charge < -0.3 is 23.7 Å². The largest absolute Gasteiger partial charge is 0.494 e. The molecule has 0 amide bonds. The Labute approximate surface area is 249 Å². The van der Waals surface area contributed by atoms with Gasteiger partial charge in [-0.2, -0.15) is 0 Å². The highest BCUT2D eigenvalue weighted by molar-refractivity contribution is 6.31. The van der Waals surface area contributed by atoms with Crippen molar-refractivity contribution in [2.45, 2.75) is 103 Å². The molecule has 1 heterocycles. The van der Waals surface area contributed by atoms with Crippen LogP contribution in [0.25, 0.3) is 0 Å². The minimum absolute atomic E-state index is 0.217. The summed E-state index contributed by atoms with van der Waals surface area (Å²) in [7, 11) is 0. The Morgan fingerprint density at radius 2 is 1.51 bits per heavy atom. The van der Waals surface area contributed by atoms with Crippen molar-refractivity contribution in [1.29, 1.82) is 0 Å². The predicted molar refractivity (Wildman–Crippen MR) is 159 cm³/mol. The minimum Gasteiger partial charge on any atom is -0.494 e. The molecule has 3 rings (SSSR count). The standard InChI is InChI=1S/C33H47ClF2O5/c1-5-9-18-37-23-29-33(35,36)32(40-20-11-7-3)31(39-19-10-6-2)30(41-29)25-14-17-28(34)26(22-25)21-24-12-15-27(16-13-24)38-8-4/h12-17,22,29-32H,5-11,18-21,23H2,1-4H3. The molecule has 0 saturated carbocycles. The Kier molecular flexibility index (Phi) is 14.3. The lowest BCUT2D eigenvalue weighted by molar-refractivity contribution is -0.316. The van der Waals surface area contributed by atoms with Crippen LogP contribution in [0.3, 0.4) is 0 Å². The van der Waals surface area contributed by atoms with Gasteiger partial charge in [0.25, 0.3) is 0 Å². The van der Waals surface area contributed by atoms with Crippen LogP contribution >= 0.6 is 11.6 Å². The topological polar surface area (TPSA) is 46.2 Å². The van der Waals surface area contributed by atoms with Gasteiger partial charge in [0.05, 0.1) is 13.2 Å². The SMILES string of the molecule is CCCCOCC1OC(c2ccc(Cl)c(Cc3ccc(OCC)cc3)c2)C(OCCCC)C(OCCCC)C1(F)F. The first-order valence-corrected chi connectivity index (χ1v) is 15.6. The van der Waals surface area contributed by atoms with Crippen LogP contribution in [-0.2, 0) is 25.4 Å². The molecular formula is C33H47ClF2O5. The lowest BCUT2D eigenvalue weighted by atomic mass is 9.88. The first-order valence-electron chi connectivity index (χ1n) is 15.2. The Bertz CT molecular complexity index is 1020. The molecule has 1 fully saturated rings. The van der Waals surface area contributed by atoms with Crippen LogP contribution in [0.1, 0.15) is 89.0 Å². The van der Waals surface area contributed by atoms with Crippen molar-refractivity contribution in [3.05, 3.63) is 64.2 Å². The summed E-state index contributed by atoms with van der Waals surface area (Å²) in [5.74, 6) is -2.48. The van der Waals surface area contributed by atoms with E-state index in [1.165, 1.54) is 0 Å². The number of hydrogen-bond donors (Lipinski definition) is 0. The van der Waals surface area contributed by atoms with Crippen LogP contribution < -0.4 is 4.74 Å². The maximum atomic E-state index is 16.0. The highest BCUT2D eigenvalue weighted by Crippen LogP contribution is 2.44. The molecule has 0 aromatic heterocycles. The third-order valence-electron chi connectivity index (χ3n) is 7.26. The molecule has 0 bridgehead atoms. The van der Waals surface area contributed by atoms with Crippen LogP contribution in [0.2, 0.25) is 5.02 Å². The third-order valence-corrected chi connectivity index (χ3v) is 7.63. The molecule has 0 aliphatic carbocycles. The fraction of sp³-hybridized carbons (Fsp3) is 0.636. The molecule has 0 spiro atoms. The lowest BCUT2D eigenvalue weighted by Gasteiger charge is -2.46. The van der Waals surface area contributed by atoms with Crippen molar-refractivity contribution in [2.24, 2.45) is 0 Å². The third kappa shape index (κ3) is 9.62. The second kappa shape index (κ2) is 17.4. The zero-order chi connectivity index (χ0) is 29.7. The molecule has 4 atom stereocenters. The molecule has 2 aromatic rings. The molecule has 41 heavy (non-hydrogen) atoms. The van der Waals surface area contributed by atoms with E-state index in [1.807, 2.05) is 64.1 Å². The summed E-state index contributed by atoms with van der Waals surface area (Å²) in [5.41, 5.74) is 2.66. The van der Waals surface area contributed by atoms with Gasteiger partial charge in [-0.3, -0.25) is 0 Å². The summed E-state index contributed by atoms with van der Waals surface area (Å²) < 4.78 is 61.5. The van der Waals surface area contributed by atoms with Crippen molar-refractivity contribution in [1.82, 2.24) is 0 Å². The van der Waals surface area contributed by atoms with E-state index in [0.717, 1.165) is 54.5 Å². The molecule has 2 aromatic carbocycles. The average molecular weight is 597 g/mol. The van der Waals surface area contributed by atoms with Crippen LogP contribution in [0.4, 0.5) is 8.78 Å². The molecule has 1 saturated heterocycles. The van der Waals surface area contributed by atoms with Gasteiger partial charge in [0, 0.05) is 24.8 Å². The van der Waals surface area contributed by atoms with E-state index in [1.54, 1.807) is 6.07 Å². The van der Waals surface area contributed by atoms with Crippen molar-refractivity contribution < 1.29 is 32.5 Å². The van der Waals surface area contributed by atoms with Crippen LogP contribution in [0.5, 0.6) is 5.75 Å². The van der Waals surface area contributed by atoms with Gasteiger partial charge in [0.2, 0.25) is 0 Å². The number of hydrogen-bond acceptors (Lipinski definition) is 5. The van der Waals surface area contributed by atoms with Gasteiger partial charge in [-0.05, 0) is 67.5 Å². The molecular weight excluding hydrogens is 550 g/mol. The fourth-order valence-electron chi connectivity index (χ4n) is 4.86. The van der Waals surface area contributed by atoms with E-state index in [4.69, 9.17) is 35.3 Å². The molecule has 1 aliphatic rings. The zero-order valence-electron chi connectivity index (χ0n) is 25.0. The molecule has 230 valence electrons. The first kappa shape index (κ1) is 33.7. The van der Waals surface area contributed by atoms with Gasteiger partial charge in [-0.15, -0.1) is 0 Å². The van der Waals surface area contributed by atoms with Crippen LogP contribution in [0.15, 0.2) is 42.5 Å². The first-order chi connectivity index (χ1) is 19.8. The second-order valence-corrected chi connectivity index (χ2v) is 11.0. The monoisotopic (exact) mass is 596 g/mol. The van der Waals surface area contributed by atoms with E-state index in [9.17, 15) is 0 Å². The van der Waals surface area contributed by atoms with E-state index >= 15 is 8.78 Å². The Morgan fingerprint density at radius 3 is 2.17 bits per heavy atom. The number of ether oxygens (including phenoxy) is 5. The van der Waals surface area contributed by atoms with Gasteiger partial charge in [0.15, 0.2) is 6.10 Å². The summed E-state index contributed by atoms with van der Waals surface area (Å²) in [4.78, 5) is 0. The normalized spacial score (nSPS) is 22.1. The van der Waals surface area contributed by atoms with Crippen molar-refractivity contribution in [3.8, 4) is 5.75 Å². The van der Waals surface area contributed by atoms with Gasteiger partial charge in [0.1, 0.15) is 24.1 Å². The quantitative estimate of drug-likeness (QED) is 0.161. The number of alkyl halides is 2. The molecule has 5 nitrogen and oxygen atoms in total. The highest BCUT2D eigenvalue weighted by atomic mass is 35.5. The van der Waals surface area contributed by atoms with E-state index in [2.05, 4.69) is 0 Å². The molecule has 0 N–H and O–H groups in total. The smallest absolute Gasteiger partial charge is 0.304 e. The zero-order valence-corrected chi connectivity index (χ0v) is 25.8. The minimum atomic E-state index is -3.29. The van der Waals surface area contributed by atoms with E-state index < -0.39 is 30.3 Å². The second-order valence-electron chi connectivity index (χ2n) is 10.6. The fourth-order valence-corrected chi connectivity index (χ4v) is 5.04. The maximum absolute atomic E-state index is 16.0. The molecule has 1 aliphatic heterocycles. The Morgan fingerprint density at radius 1 is 0.854 bits per heavy atom. The van der Waals surface area contributed by atoms with E-state index in [-0.39, 0.29) is 13.2 Å². The number of benzene rings is 2. The molecule has 4 unspecified atom stereocenters. The van der Waals surface area contributed by atoms with Crippen molar-refractivity contribution >= 4 is 11.6 Å². The van der Waals surface area contributed by atoms with E-state index in [0.29, 0.717) is 37.7 Å². The maximum Gasteiger partial charge on any atom is 0.304 e. The van der Waals surface area contributed by atoms with Crippen LogP contribution in [-0.4, -0.2) is 57.3 Å². The predicted octanol–water partition coefficient (Wildman–Crippen LogP) is 8.59. The summed E-state index contributed by atoms with van der Waals surface area (Å²) in [5, 5.41) is 0.599. The lowest BCUT2D eigenvalue weighted by Crippen LogP contribution is -2.62. The summed E-state index contributed by atoms with van der Waals surface area (Å²) in [6, 6.07) is 13.5. The number of rotatable bonds is 18. The Balaban J connectivity index is 1.94. The van der Waals surface area contributed by atoms with Gasteiger partial charge in [-0.25, -0.2) is 8.78 Å². The van der Waals surface area contributed by atoms with Crippen molar-refractivity contribution in [3.63, 3.8) is 0 Å². The summed E-state index contributed by atoms with van der Waals surface area (Å²) in [6.07, 6.45) is 0.773. The molecule has 0 radical (unpaired) electrons. The molecule has 8 heteroatoms. The highest BCUT2D eigenvalue weighted by Gasteiger charge is 2.60. The number of unbranched alkanes of at least 4 members (excludes halogenated alkanes) is 3. The number of halogens is 3.